The number of H-pyrrole nitrogens is 1. The smallest absolute Gasteiger partial charge is 0.282 e. The van der Waals surface area contributed by atoms with Crippen molar-refractivity contribution in [3.63, 3.8) is 0 Å². The van der Waals surface area contributed by atoms with Gasteiger partial charge in [0.25, 0.3) is 31.9 Å². The highest BCUT2D eigenvalue weighted by atomic mass is 32.2. The Labute approximate surface area is 564 Å². The van der Waals surface area contributed by atoms with Crippen LogP contribution in [0, 0.1) is 45.3 Å². The lowest BCUT2D eigenvalue weighted by molar-refractivity contribution is 0.0972. The summed E-state index contributed by atoms with van der Waals surface area (Å²) < 4.78 is 80.0. The SMILES string of the molecule is CC1(C)C[C@@H]2CCCNc3cc(=O)cc([nH]3)S(=O)(=O)NC(=O)c3ccc(-n4ccc(OCCC5C6(CC6)C56CC6)n4)nc3N1C2.CC1(C)C[C@@H]2CCCNc3cc(OCc4ccccc4)cc(n3)S(=O)(=O)NC(=O)c3ccc(-n4ccc(OCCC5C6(CC6)C56CC6)n4)nc3N1C2. The summed E-state index contributed by atoms with van der Waals surface area (Å²) in [4.78, 5) is 61.2. The van der Waals surface area contributed by atoms with Gasteiger partial charge < -0.3 is 39.6 Å². The zero-order valence-corrected chi connectivity index (χ0v) is 56.9. The number of hydrogen-bond donors (Lipinski definition) is 5. The minimum atomic E-state index is -4.41. The number of aromatic amines is 1. The van der Waals surface area contributed by atoms with Crippen molar-refractivity contribution in [1.82, 2.24) is 48.9 Å². The Bertz CT molecular complexity index is 4520. The molecule has 1 aromatic carbocycles. The molecule has 8 bridgehead atoms. The molecule has 6 aromatic heterocycles. The predicted molar refractivity (Wildman–Crippen MR) is 362 cm³/mol. The predicted octanol–water partition coefficient (Wildman–Crippen LogP) is 9.97. The quantitative estimate of drug-likeness (QED) is 0.0717. The molecule has 4 spiro atoms. The number of sulfonamides is 2. The fraction of sp³-hybridized carbons (Fsp3) is 0.521. The molecule has 24 nitrogen and oxygen atoms in total. The van der Waals surface area contributed by atoms with Gasteiger partial charge in [-0.3, -0.25) is 14.4 Å². The lowest BCUT2D eigenvalue weighted by Gasteiger charge is -2.34. The molecule has 97 heavy (non-hydrogen) atoms. The molecule has 7 aromatic rings. The van der Waals surface area contributed by atoms with Gasteiger partial charge in [0.2, 0.25) is 11.8 Å². The van der Waals surface area contributed by atoms with E-state index in [0.717, 1.165) is 74.8 Å². The Hall–Kier alpha value is -8.52. The van der Waals surface area contributed by atoms with Crippen LogP contribution < -0.4 is 49.5 Å². The second-order valence-corrected chi connectivity index (χ2v) is 33.5. The van der Waals surface area contributed by atoms with E-state index >= 15 is 0 Å². The molecule has 10 heterocycles. The topological polar surface area (TPSA) is 292 Å². The molecule has 0 radical (unpaired) electrons. The van der Waals surface area contributed by atoms with Crippen molar-refractivity contribution in [3.8, 4) is 29.1 Å². The first kappa shape index (κ1) is 63.2. The van der Waals surface area contributed by atoms with E-state index in [2.05, 4.69) is 77.7 Å². The van der Waals surface area contributed by atoms with Crippen LogP contribution in [-0.4, -0.2) is 119 Å². The van der Waals surface area contributed by atoms with Crippen LogP contribution >= 0.6 is 0 Å². The summed E-state index contributed by atoms with van der Waals surface area (Å²) >= 11 is 0. The van der Waals surface area contributed by atoms with Gasteiger partial charge in [0, 0.05) is 86.0 Å². The monoisotopic (exact) mass is 1360 g/mol. The van der Waals surface area contributed by atoms with Crippen molar-refractivity contribution in [3.05, 3.63) is 130 Å². The lowest BCUT2D eigenvalue weighted by Crippen LogP contribution is -2.41. The molecule has 17 rings (SSSR count). The summed E-state index contributed by atoms with van der Waals surface area (Å²) in [6, 6.07) is 25.1. The number of amides is 2. The van der Waals surface area contributed by atoms with Gasteiger partial charge in [-0.25, -0.2) is 33.8 Å². The first-order chi connectivity index (χ1) is 46.5. The number of carbonyl (C=O) groups is 2. The van der Waals surface area contributed by atoms with Gasteiger partial charge in [-0.1, -0.05) is 30.3 Å². The third-order valence-electron chi connectivity index (χ3n) is 23.3. The summed E-state index contributed by atoms with van der Waals surface area (Å²) in [6.07, 6.45) is 22.2. The Morgan fingerprint density at radius 2 is 1.06 bits per heavy atom. The van der Waals surface area contributed by atoms with E-state index in [1.165, 1.54) is 63.5 Å². The lowest BCUT2D eigenvalue weighted by atomic mass is 9.93. The number of hydrogen-bond acceptors (Lipinski definition) is 19. The number of carbonyl (C=O) groups excluding carboxylic acids is 2. The molecule has 5 N–H and O–H groups in total. The number of benzene rings is 1. The van der Waals surface area contributed by atoms with Gasteiger partial charge in [0.1, 0.15) is 35.6 Å². The van der Waals surface area contributed by atoms with Crippen LogP contribution in [0.2, 0.25) is 0 Å². The minimum absolute atomic E-state index is 0.124. The van der Waals surface area contributed by atoms with Crippen molar-refractivity contribution in [1.29, 1.82) is 0 Å². The molecule has 26 heteroatoms. The molecule has 8 fully saturated rings. The fourth-order valence-electron chi connectivity index (χ4n) is 18.1. The van der Waals surface area contributed by atoms with Crippen LogP contribution in [0.5, 0.6) is 17.5 Å². The van der Waals surface area contributed by atoms with Gasteiger partial charge in [0.15, 0.2) is 27.1 Å². The van der Waals surface area contributed by atoms with Gasteiger partial charge >= 0.3 is 0 Å². The number of aromatic nitrogens is 8. The fourth-order valence-corrected chi connectivity index (χ4v) is 20.0. The third-order valence-corrected chi connectivity index (χ3v) is 25.7. The van der Waals surface area contributed by atoms with E-state index in [4.69, 9.17) is 24.2 Å². The first-order valence-electron chi connectivity index (χ1n) is 34.6. The number of anilines is 4. The number of nitrogens with one attached hydrogen (secondary N) is 5. The molecule has 510 valence electrons. The minimum Gasteiger partial charge on any atom is -0.489 e. The second kappa shape index (κ2) is 23.3. The standard InChI is InChI=1S/C39H45N7O5S.C32H39N7O5S/c1-37(2)23-27-9-6-18-40-31-21-28(51-25-26-7-4-3-5-8-26)22-34(41-31)52(48,49)44-36(47)29-10-11-32(42-35(29)45(37)24-27)46-19-12-33(43-46)50-20-13-30-38(14-15-38)39(30)16-17-39;1-30(2)18-20-4-3-13-33-24-16-21(40)17-27(34-24)45(42,43)37-29(41)22-5-6-25(35-28(22)38(30)19-20)39-14-7-26(36-39)44-15-8-23-31(9-10-31)32(23)11-12-32/h3-5,7-8,10-12,19,21-22,27,30H,6,9,13-18,20,23-25H2,1-2H3,(H,40,41)(H,44,47);5-7,14,16-17,20,23H,3-4,8-13,15,18-19H2,1-2H3,(H,37,41)(H2,33,34,40)/t27-;20-/m00/s1. The van der Waals surface area contributed by atoms with Crippen molar-refractivity contribution >= 4 is 55.1 Å². The van der Waals surface area contributed by atoms with E-state index < -0.39 is 37.3 Å². The Morgan fingerprint density at radius 3 is 1.58 bits per heavy atom. The van der Waals surface area contributed by atoms with E-state index in [9.17, 15) is 31.2 Å². The van der Waals surface area contributed by atoms with Gasteiger partial charge in [-0.05, 0) is 206 Å². The van der Waals surface area contributed by atoms with Crippen LogP contribution in [0.15, 0.2) is 118 Å². The van der Waals surface area contributed by atoms with Crippen LogP contribution in [0.25, 0.3) is 11.6 Å². The summed E-state index contributed by atoms with van der Waals surface area (Å²) in [5, 5.41) is 15.0. The number of pyridine rings is 4. The summed E-state index contributed by atoms with van der Waals surface area (Å²) in [5.41, 5.74) is 2.68. The maximum Gasteiger partial charge on any atom is 0.282 e. The third kappa shape index (κ3) is 11.8. The van der Waals surface area contributed by atoms with E-state index in [1.54, 1.807) is 45.9 Å². The van der Waals surface area contributed by atoms with E-state index in [1.807, 2.05) is 48.7 Å². The van der Waals surface area contributed by atoms with Crippen molar-refractivity contribution in [2.45, 2.75) is 158 Å². The first-order valence-corrected chi connectivity index (χ1v) is 37.5. The molecular weight excluding hydrogens is 1270 g/mol. The molecule has 2 saturated heterocycles. The summed E-state index contributed by atoms with van der Waals surface area (Å²) in [5.74, 6) is 4.53. The molecule has 2 amide bonds. The molecule has 4 aliphatic heterocycles. The summed E-state index contributed by atoms with van der Waals surface area (Å²) in [6.45, 7) is 12.6. The van der Waals surface area contributed by atoms with Crippen LogP contribution in [0.3, 0.4) is 0 Å². The average Bonchev–Trinajstić information content (AvgIpc) is 1.45. The van der Waals surface area contributed by atoms with Gasteiger partial charge in [-0.2, -0.15) is 16.8 Å². The van der Waals surface area contributed by atoms with Crippen molar-refractivity contribution in [2.75, 3.05) is 59.8 Å². The number of fused-ring (bicyclic) bond motifs is 14. The van der Waals surface area contributed by atoms with Crippen LogP contribution in [0.4, 0.5) is 23.3 Å². The Kier molecular flexibility index (Phi) is 15.2. The van der Waals surface area contributed by atoms with Crippen LogP contribution in [-0.2, 0) is 26.7 Å². The largest absolute Gasteiger partial charge is 0.489 e. The van der Waals surface area contributed by atoms with Crippen molar-refractivity contribution < 1.29 is 40.6 Å². The average molecular weight is 1360 g/mol. The zero-order valence-electron chi connectivity index (χ0n) is 55.3. The highest BCUT2D eigenvalue weighted by Gasteiger charge is 2.86. The van der Waals surface area contributed by atoms with E-state index in [0.29, 0.717) is 125 Å². The summed E-state index contributed by atoms with van der Waals surface area (Å²) in [7, 11) is -8.80. The van der Waals surface area contributed by atoms with Gasteiger partial charge in [0.05, 0.1) is 24.3 Å². The molecule has 2 atom stereocenters. The molecule has 6 aliphatic carbocycles. The van der Waals surface area contributed by atoms with E-state index in [-0.39, 0.29) is 38.9 Å². The maximum absolute atomic E-state index is 14.0. The van der Waals surface area contributed by atoms with Crippen molar-refractivity contribution in [2.24, 2.45) is 45.3 Å². The zero-order chi connectivity index (χ0) is 66.9. The maximum atomic E-state index is 14.0. The number of nitrogens with zero attached hydrogens (tertiary/aromatic N) is 9. The molecule has 0 unspecified atom stereocenters. The molecule has 6 saturated carbocycles. The molecule has 10 aliphatic rings. The molecular formula is C71H84N14O10S2. The highest BCUT2D eigenvalue weighted by Crippen LogP contribution is 2.94. The Balaban J connectivity index is 0.000000154. The Morgan fingerprint density at radius 1 is 0.557 bits per heavy atom. The normalized spacial score (nSPS) is 24.0. The van der Waals surface area contributed by atoms with Crippen LogP contribution in [0.1, 0.15) is 157 Å². The number of ether oxygens (including phenoxy) is 3. The second-order valence-electron chi connectivity index (χ2n) is 30.2. The number of rotatable bonds is 13. The highest BCUT2D eigenvalue weighted by molar-refractivity contribution is 7.90. The van der Waals surface area contributed by atoms with Gasteiger partial charge in [-0.15, -0.1) is 10.2 Å².